The Morgan fingerprint density at radius 2 is 1.80 bits per heavy atom. The first-order chi connectivity index (χ1) is 6.90. The second kappa shape index (κ2) is 4.89. The summed E-state index contributed by atoms with van der Waals surface area (Å²) in [6.45, 7) is 1.59. The van der Waals surface area contributed by atoms with Gasteiger partial charge in [0, 0.05) is 0 Å². The Hall–Kier alpha value is -0.000000000000000167. The lowest BCUT2D eigenvalue weighted by Crippen LogP contribution is -2.06. The van der Waals surface area contributed by atoms with Crippen molar-refractivity contribution >= 4 is 44.9 Å². The monoisotopic (exact) mass is 288 g/mol. The third-order valence-corrected chi connectivity index (χ3v) is 4.37. The molecular formula is C8H7Cl3O3S. The highest BCUT2D eigenvalue weighted by Crippen LogP contribution is 2.35. The second-order valence-electron chi connectivity index (χ2n) is 2.53. The predicted octanol–water partition coefficient (Wildman–Crippen LogP) is 3.37. The van der Waals surface area contributed by atoms with E-state index in [4.69, 9.17) is 34.8 Å². The zero-order valence-corrected chi connectivity index (χ0v) is 10.7. The van der Waals surface area contributed by atoms with Gasteiger partial charge in [0.05, 0.1) is 21.7 Å². The Bertz CT molecular complexity index is 470. The Morgan fingerprint density at radius 3 is 2.33 bits per heavy atom. The van der Waals surface area contributed by atoms with Crippen LogP contribution >= 0.6 is 34.8 Å². The van der Waals surface area contributed by atoms with Crippen LogP contribution in [-0.2, 0) is 14.3 Å². The summed E-state index contributed by atoms with van der Waals surface area (Å²) in [5.74, 6) is 0. The van der Waals surface area contributed by atoms with Crippen molar-refractivity contribution in [3.63, 3.8) is 0 Å². The molecule has 7 heteroatoms. The molecule has 1 aromatic rings. The highest BCUT2D eigenvalue weighted by molar-refractivity contribution is 7.86. The van der Waals surface area contributed by atoms with Gasteiger partial charge in [-0.15, -0.1) is 0 Å². The quantitative estimate of drug-likeness (QED) is 0.633. The Balaban J connectivity index is 3.34. The molecule has 0 aliphatic carbocycles. The molecule has 1 aromatic carbocycles. The molecule has 0 spiro atoms. The van der Waals surface area contributed by atoms with Crippen molar-refractivity contribution in [1.29, 1.82) is 0 Å². The van der Waals surface area contributed by atoms with E-state index in [0.717, 1.165) is 0 Å². The minimum atomic E-state index is -3.86. The van der Waals surface area contributed by atoms with Gasteiger partial charge in [0.2, 0.25) is 0 Å². The smallest absolute Gasteiger partial charge is 0.267 e. The maximum Gasteiger partial charge on any atom is 0.298 e. The molecule has 0 aliphatic heterocycles. The fraction of sp³-hybridized carbons (Fsp3) is 0.250. The number of benzene rings is 1. The summed E-state index contributed by atoms with van der Waals surface area (Å²) in [5, 5.41) is 0.0637. The van der Waals surface area contributed by atoms with Crippen molar-refractivity contribution in [3.05, 3.63) is 27.2 Å². The van der Waals surface area contributed by atoms with E-state index < -0.39 is 10.1 Å². The van der Waals surface area contributed by atoms with Crippen LogP contribution in [-0.4, -0.2) is 15.0 Å². The first-order valence-electron chi connectivity index (χ1n) is 3.93. The highest BCUT2D eigenvalue weighted by atomic mass is 35.5. The van der Waals surface area contributed by atoms with Gasteiger partial charge in [0.1, 0.15) is 4.90 Å². The van der Waals surface area contributed by atoms with E-state index in [1.807, 2.05) is 0 Å². The first-order valence-corrected chi connectivity index (χ1v) is 6.47. The van der Waals surface area contributed by atoms with E-state index in [1.165, 1.54) is 12.1 Å². The van der Waals surface area contributed by atoms with Crippen LogP contribution < -0.4 is 0 Å². The van der Waals surface area contributed by atoms with E-state index in [0.29, 0.717) is 0 Å². The van der Waals surface area contributed by atoms with Crippen LogP contribution in [0.25, 0.3) is 0 Å². The summed E-state index contributed by atoms with van der Waals surface area (Å²) in [5.41, 5.74) is 0. The molecule has 15 heavy (non-hydrogen) atoms. The lowest BCUT2D eigenvalue weighted by molar-refractivity contribution is 0.338. The fourth-order valence-electron chi connectivity index (χ4n) is 0.920. The summed E-state index contributed by atoms with van der Waals surface area (Å²) in [4.78, 5) is -0.180. The summed E-state index contributed by atoms with van der Waals surface area (Å²) in [6.07, 6.45) is 0. The molecule has 0 aliphatic rings. The molecule has 1 rings (SSSR count). The van der Waals surface area contributed by atoms with Crippen LogP contribution in [0.5, 0.6) is 0 Å². The molecule has 0 atom stereocenters. The van der Waals surface area contributed by atoms with Crippen molar-refractivity contribution in [2.75, 3.05) is 6.61 Å². The van der Waals surface area contributed by atoms with Gasteiger partial charge >= 0.3 is 0 Å². The molecule has 0 fully saturated rings. The van der Waals surface area contributed by atoms with Crippen molar-refractivity contribution in [2.24, 2.45) is 0 Å². The lowest BCUT2D eigenvalue weighted by atomic mass is 10.4. The van der Waals surface area contributed by atoms with Crippen LogP contribution in [0, 0.1) is 0 Å². The average molecular weight is 290 g/mol. The topological polar surface area (TPSA) is 43.4 Å². The Kier molecular flexibility index (Phi) is 4.26. The second-order valence-corrected chi connectivity index (χ2v) is 5.28. The molecule has 0 N–H and O–H groups in total. The molecule has 3 nitrogen and oxygen atoms in total. The van der Waals surface area contributed by atoms with Crippen LogP contribution in [0.1, 0.15) is 6.92 Å². The number of hydrogen-bond acceptors (Lipinski definition) is 3. The summed E-state index contributed by atoms with van der Waals surface area (Å²) in [7, 11) is -3.86. The van der Waals surface area contributed by atoms with Gasteiger partial charge in [0.25, 0.3) is 10.1 Å². The maximum absolute atomic E-state index is 11.5. The average Bonchev–Trinajstić information content (AvgIpc) is 2.13. The molecule has 84 valence electrons. The minimum Gasteiger partial charge on any atom is -0.267 e. The predicted molar refractivity (Wildman–Crippen MR) is 60.3 cm³/mol. The molecule has 0 saturated carbocycles. The summed E-state index contributed by atoms with van der Waals surface area (Å²) in [6, 6.07) is 2.60. The number of rotatable bonds is 3. The summed E-state index contributed by atoms with van der Waals surface area (Å²) < 4.78 is 27.6. The third kappa shape index (κ3) is 2.77. The van der Waals surface area contributed by atoms with Gasteiger partial charge in [-0.25, -0.2) is 0 Å². The maximum atomic E-state index is 11.5. The molecule has 0 aromatic heterocycles. The fourth-order valence-corrected chi connectivity index (χ4v) is 2.79. The van der Waals surface area contributed by atoms with Gasteiger partial charge in [0.15, 0.2) is 0 Å². The molecule has 0 amide bonds. The molecule has 0 bridgehead atoms. The van der Waals surface area contributed by atoms with Crippen LogP contribution in [0.4, 0.5) is 0 Å². The molecule has 0 heterocycles. The molecule has 0 saturated heterocycles. The van der Waals surface area contributed by atoms with Gasteiger partial charge in [-0.1, -0.05) is 34.8 Å². The van der Waals surface area contributed by atoms with Crippen LogP contribution in [0.3, 0.4) is 0 Å². The van der Waals surface area contributed by atoms with Crippen molar-refractivity contribution in [3.8, 4) is 0 Å². The SMILES string of the molecule is CCOS(=O)(=O)c1ccc(Cl)c(Cl)c1Cl. The van der Waals surface area contributed by atoms with E-state index >= 15 is 0 Å². The summed E-state index contributed by atoms with van der Waals surface area (Å²) >= 11 is 17.1. The van der Waals surface area contributed by atoms with Crippen LogP contribution in [0.2, 0.25) is 15.1 Å². The Labute approximate surface area is 103 Å². The highest BCUT2D eigenvalue weighted by Gasteiger charge is 2.21. The molecule has 0 radical (unpaired) electrons. The normalized spacial score (nSPS) is 11.7. The Morgan fingerprint density at radius 1 is 1.20 bits per heavy atom. The van der Waals surface area contributed by atoms with E-state index in [1.54, 1.807) is 6.92 Å². The minimum absolute atomic E-state index is 0.000823. The van der Waals surface area contributed by atoms with E-state index in [9.17, 15) is 8.42 Å². The zero-order valence-electron chi connectivity index (χ0n) is 7.63. The van der Waals surface area contributed by atoms with Gasteiger partial charge < -0.3 is 0 Å². The van der Waals surface area contributed by atoms with Gasteiger partial charge in [-0.05, 0) is 19.1 Å². The number of hydrogen-bond donors (Lipinski definition) is 0. The number of halogens is 3. The third-order valence-electron chi connectivity index (χ3n) is 1.54. The van der Waals surface area contributed by atoms with Crippen molar-refractivity contribution in [2.45, 2.75) is 11.8 Å². The van der Waals surface area contributed by atoms with Gasteiger partial charge in [-0.2, -0.15) is 8.42 Å². The molecule has 0 unspecified atom stereocenters. The zero-order chi connectivity index (χ0) is 11.6. The van der Waals surface area contributed by atoms with Gasteiger partial charge in [-0.3, -0.25) is 4.18 Å². The lowest BCUT2D eigenvalue weighted by Gasteiger charge is -2.07. The molecular weight excluding hydrogens is 283 g/mol. The van der Waals surface area contributed by atoms with E-state index in [2.05, 4.69) is 4.18 Å². The van der Waals surface area contributed by atoms with Crippen molar-refractivity contribution in [1.82, 2.24) is 0 Å². The van der Waals surface area contributed by atoms with Crippen LogP contribution in [0.15, 0.2) is 17.0 Å². The standard InChI is InChI=1S/C8H7Cl3O3S/c1-2-14-15(12,13)6-4-3-5(9)7(10)8(6)11/h3-4H,2H2,1H3. The van der Waals surface area contributed by atoms with Crippen molar-refractivity contribution < 1.29 is 12.6 Å². The van der Waals surface area contributed by atoms with E-state index in [-0.39, 0.29) is 26.6 Å². The first kappa shape index (κ1) is 13.1. The largest absolute Gasteiger partial charge is 0.298 e.